The van der Waals surface area contributed by atoms with E-state index in [0.717, 1.165) is 53.9 Å². The lowest BCUT2D eigenvalue weighted by atomic mass is 9.95. The minimum absolute atomic E-state index is 0.254. The van der Waals surface area contributed by atoms with Crippen LogP contribution in [0.2, 0.25) is 0 Å². The predicted molar refractivity (Wildman–Crippen MR) is 125 cm³/mol. The molecule has 2 aromatic heterocycles. The third-order valence-corrected chi connectivity index (χ3v) is 6.83. The van der Waals surface area contributed by atoms with Crippen LogP contribution in [0, 0.1) is 0 Å². The molecule has 2 aliphatic heterocycles. The first-order valence-corrected chi connectivity index (χ1v) is 11.8. The number of likely N-dealkylation sites (tertiary alicyclic amines) is 1. The third kappa shape index (κ3) is 4.90. The Balaban J connectivity index is 1.38. The molecule has 0 spiro atoms. The van der Waals surface area contributed by atoms with Crippen molar-refractivity contribution in [2.24, 2.45) is 0 Å². The fourth-order valence-corrected chi connectivity index (χ4v) is 5.35. The van der Waals surface area contributed by atoms with Crippen molar-refractivity contribution in [1.82, 2.24) is 19.8 Å². The molecule has 2 aliphatic rings. The van der Waals surface area contributed by atoms with E-state index in [1.165, 1.54) is 4.90 Å². The number of nitrogens with zero attached hydrogens (tertiary/aromatic N) is 3. The monoisotopic (exact) mass is 475 g/mol. The van der Waals surface area contributed by atoms with Gasteiger partial charge < -0.3 is 15.2 Å². The van der Waals surface area contributed by atoms with Crippen molar-refractivity contribution in [3.8, 4) is 0 Å². The van der Waals surface area contributed by atoms with Gasteiger partial charge in [-0.2, -0.15) is 13.2 Å². The Hall–Kier alpha value is -2.65. The highest BCUT2D eigenvalue weighted by molar-refractivity contribution is 5.85. The Morgan fingerprint density at radius 2 is 1.97 bits per heavy atom. The number of hydrogen-bond donors (Lipinski definition) is 2. The molecule has 2 N–H and O–H groups in total. The molecule has 0 bridgehead atoms. The number of aromatic nitrogens is 2. The maximum absolute atomic E-state index is 13.4. The largest absolute Gasteiger partial charge is 0.401 e. The van der Waals surface area contributed by atoms with Gasteiger partial charge in [-0.05, 0) is 43.0 Å². The summed E-state index contributed by atoms with van der Waals surface area (Å²) in [7, 11) is 0. The number of H-pyrrole nitrogens is 1. The van der Waals surface area contributed by atoms with Crippen LogP contribution in [0.5, 0.6) is 0 Å². The first kappa shape index (κ1) is 23.1. The zero-order valence-corrected chi connectivity index (χ0v) is 18.9. The minimum atomic E-state index is -4.29. The lowest BCUT2D eigenvalue weighted by Crippen LogP contribution is -2.42. The summed E-state index contributed by atoms with van der Waals surface area (Å²) in [5.41, 5.74) is 4.24. The number of para-hydroxylation sites is 1. The highest BCUT2D eigenvalue weighted by atomic mass is 19.4. The van der Waals surface area contributed by atoms with Crippen LogP contribution >= 0.6 is 0 Å². The number of halogens is 4. The second-order valence-corrected chi connectivity index (χ2v) is 9.25. The van der Waals surface area contributed by atoms with Gasteiger partial charge in [0, 0.05) is 48.8 Å². The number of fused-ring (bicyclic) bond motifs is 3. The van der Waals surface area contributed by atoms with Crippen LogP contribution in [-0.4, -0.2) is 71.4 Å². The van der Waals surface area contributed by atoms with Crippen molar-refractivity contribution < 1.29 is 17.6 Å². The van der Waals surface area contributed by atoms with E-state index in [4.69, 9.17) is 0 Å². The Kier molecular flexibility index (Phi) is 6.48. The molecule has 0 saturated carbocycles. The van der Waals surface area contributed by atoms with Gasteiger partial charge in [-0.3, -0.25) is 14.3 Å². The predicted octanol–water partition coefficient (Wildman–Crippen LogP) is 4.92. The van der Waals surface area contributed by atoms with E-state index >= 15 is 0 Å². The minimum Gasteiger partial charge on any atom is -0.380 e. The van der Waals surface area contributed by atoms with Crippen molar-refractivity contribution in [3.05, 3.63) is 59.5 Å². The number of pyridine rings is 1. The summed E-state index contributed by atoms with van der Waals surface area (Å²) in [5, 5.41) is 4.53. The summed E-state index contributed by atoms with van der Waals surface area (Å²) in [6, 6.07) is 11.2. The van der Waals surface area contributed by atoms with E-state index in [9.17, 15) is 17.6 Å². The molecule has 5 rings (SSSR count). The van der Waals surface area contributed by atoms with E-state index in [2.05, 4.69) is 20.2 Å². The second-order valence-electron chi connectivity index (χ2n) is 9.25. The molecular weight excluding hydrogens is 446 g/mol. The first-order valence-electron chi connectivity index (χ1n) is 11.8. The average Bonchev–Trinajstić information content (AvgIpc) is 3.41. The Morgan fingerprint density at radius 1 is 1.12 bits per heavy atom. The maximum Gasteiger partial charge on any atom is 0.401 e. The van der Waals surface area contributed by atoms with Crippen LogP contribution in [0.4, 0.5) is 23.2 Å². The van der Waals surface area contributed by atoms with E-state index in [-0.39, 0.29) is 12.7 Å². The lowest BCUT2D eigenvalue weighted by molar-refractivity contribution is -0.150. The van der Waals surface area contributed by atoms with Crippen LogP contribution < -0.4 is 5.32 Å². The quantitative estimate of drug-likeness (QED) is 0.477. The van der Waals surface area contributed by atoms with E-state index < -0.39 is 18.8 Å². The Labute approximate surface area is 196 Å². The molecule has 1 fully saturated rings. The number of rotatable bonds is 7. The molecule has 34 heavy (non-hydrogen) atoms. The topological polar surface area (TPSA) is 47.2 Å². The standard InChI is InChI=1S/C25H29F4N5/c26-10-3-11-33-12-8-18(15-33)31-17-6-7-22(30-14-17)24-23-20(9-13-34(24)16-25(27,28)29)19-4-1-2-5-21(19)32-23/h1-2,4-7,14,18,24,31-32H,3,8-13,15-16H2. The molecule has 1 aromatic carbocycles. The van der Waals surface area contributed by atoms with Gasteiger partial charge >= 0.3 is 6.18 Å². The number of benzene rings is 1. The molecule has 9 heteroatoms. The maximum atomic E-state index is 13.4. The van der Waals surface area contributed by atoms with Gasteiger partial charge in [-0.1, -0.05) is 18.2 Å². The van der Waals surface area contributed by atoms with Crippen LogP contribution in [0.25, 0.3) is 10.9 Å². The average molecular weight is 476 g/mol. The van der Waals surface area contributed by atoms with Gasteiger partial charge in [0.15, 0.2) is 0 Å². The normalized spacial score (nSPS) is 21.8. The van der Waals surface area contributed by atoms with Crippen LogP contribution in [0.1, 0.15) is 35.8 Å². The molecule has 0 amide bonds. The molecule has 1 saturated heterocycles. The van der Waals surface area contributed by atoms with Crippen molar-refractivity contribution >= 4 is 16.6 Å². The zero-order chi connectivity index (χ0) is 23.7. The molecule has 0 aliphatic carbocycles. The smallest absolute Gasteiger partial charge is 0.380 e. The number of aromatic amines is 1. The van der Waals surface area contributed by atoms with Gasteiger partial charge in [-0.15, -0.1) is 0 Å². The summed E-state index contributed by atoms with van der Waals surface area (Å²) in [5.74, 6) is 0. The molecule has 0 radical (unpaired) electrons. The Bertz CT molecular complexity index is 1110. The van der Waals surface area contributed by atoms with Crippen LogP contribution in [0.3, 0.4) is 0 Å². The van der Waals surface area contributed by atoms with Crippen LogP contribution in [0.15, 0.2) is 42.6 Å². The van der Waals surface area contributed by atoms with Gasteiger partial charge in [0.05, 0.1) is 36.8 Å². The van der Waals surface area contributed by atoms with Crippen molar-refractivity contribution in [2.75, 3.05) is 44.7 Å². The zero-order valence-electron chi connectivity index (χ0n) is 18.9. The molecule has 2 atom stereocenters. The van der Waals surface area contributed by atoms with Gasteiger partial charge in [0.2, 0.25) is 0 Å². The highest BCUT2D eigenvalue weighted by Gasteiger charge is 2.39. The summed E-state index contributed by atoms with van der Waals surface area (Å²) < 4.78 is 52.6. The van der Waals surface area contributed by atoms with Crippen molar-refractivity contribution in [3.63, 3.8) is 0 Å². The van der Waals surface area contributed by atoms with E-state index in [1.807, 2.05) is 36.4 Å². The fraction of sp³-hybridized carbons (Fsp3) is 0.480. The third-order valence-electron chi connectivity index (χ3n) is 6.83. The summed E-state index contributed by atoms with van der Waals surface area (Å²) in [4.78, 5) is 11.7. The van der Waals surface area contributed by atoms with Crippen molar-refractivity contribution in [2.45, 2.75) is 37.5 Å². The molecule has 4 heterocycles. The fourth-order valence-electron chi connectivity index (χ4n) is 5.35. The Morgan fingerprint density at radius 3 is 2.74 bits per heavy atom. The molecular formula is C25H29F4N5. The molecule has 182 valence electrons. The molecule has 2 unspecified atom stereocenters. The van der Waals surface area contributed by atoms with Gasteiger partial charge in [0.25, 0.3) is 0 Å². The van der Waals surface area contributed by atoms with Crippen LogP contribution in [-0.2, 0) is 6.42 Å². The number of anilines is 1. The van der Waals surface area contributed by atoms with Crippen molar-refractivity contribution in [1.29, 1.82) is 0 Å². The first-order chi connectivity index (χ1) is 16.4. The van der Waals surface area contributed by atoms with E-state index in [0.29, 0.717) is 25.1 Å². The van der Waals surface area contributed by atoms with Gasteiger partial charge in [0.1, 0.15) is 0 Å². The van der Waals surface area contributed by atoms with E-state index in [1.54, 1.807) is 6.20 Å². The lowest BCUT2D eigenvalue weighted by Gasteiger charge is -2.36. The summed E-state index contributed by atoms with van der Waals surface area (Å²) in [6.45, 7) is 1.57. The SMILES string of the molecule is FCCCN1CCC(Nc2ccc(C3c4[nH]c5ccccc5c4CCN3CC(F)(F)F)nc2)C1. The number of nitrogens with one attached hydrogen (secondary N) is 2. The second kappa shape index (κ2) is 9.54. The summed E-state index contributed by atoms with van der Waals surface area (Å²) >= 11 is 0. The van der Waals surface area contributed by atoms with Gasteiger partial charge in [-0.25, -0.2) is 0 Å². The molecule has 5 nitrogen and oxygen atoms in total. The number of hydrogen-bond acceptors (Lipinski definition) is 4. The number of alkyl halides is 4. The molecule has 3 aromatic rings. The summed E-state index contributed by atoms with van der Waals surface area (Å²) in [6.07, 6.45) is -0.503. The highest BCUT2D eigenvalue weighted by Crippen LogP contribution is 2.39.